The van der Waals surface area contributed by atoms with Gasteiger partial charge in [-0.1, -0.05) is 12.1 Å². The van der Waals surface area contributed by atoms with E-state index in [2.05, 4.69) is 11.9 Å². The third kappa shape index (κ3) is 2.61. The van der Waals surface area contributed by atoms with Gasteiger partial charge in [0, 0.05) is 12.6 Å². The van der Waals surface area contributed by atoms with Gasteiger partial charge in [0.25, 0.3) is 5.91 Å². The average Bonchev–Trinajstić information content (AvgIpc) is 3.31. The summed E-state index contributed by atoms with van der Waals surface area (Å²) in [5.41, 5.74) is 6.69. The monoisotopic (exact) mass is 341 g/mol. The SMILES string of the molecule is CC1CC(CN)CN1C(=O)c1ccc(-c2nc3ccccc3s2)o1. The summed E-state index contributed by atoms with van der Waals surface area (Å²) in [5, 5.41) is 0.796. The van der Waals surface area contributed by atoms with E-state index < -0.39 is 0 Å². The van der Waals surface area contributed by atoms with E-state index in [0.717, 1.165) is 21.6 Å². The number of furan rings is 1. The molecular formula is C18H19N3O2S. The molecule has 1 aromatic carbocycles. The first kappa shape index (κ1) is 15.4. The second-order valence-corrected chi connectivity index (χ2v) is 7.33. The summed E-state index contributed by atoms with van der Waals surface area (Å²) < 4.78 is 6.92. The van der Waals surface area contributed by atoms with Crippen LogP contribution in [0.25, 0.3) is 21.0 Å². The van der Waals surface area contributed by atoms with Crippen molar-refractivity contribution in [2.75, 3.05) is 13.1 Å². The van der Waals surface area contributed by atoms with Crippen molar-refractivity contribution in [3.63, 3.8) is 0 Å². The van der Waals surface area contributed by atoms with Gasteiger partial charge in [-0.05, 0) is 50.1 Å². The van der Waals surface area contributed by atoms with Gasteiger partial charge < -0.3 is 15.1 Å². The molecule has 124 valence electrons. The van der Waals surface area contributed by atoms with Gasteiger partial charge in [0.2, 0.25) is 0 Å². The summed E-state index contributed by atoms with van der Waals surface area (Å²) in [5.74, 6) is 1.32. The molecule has 0 spiro atoms. The Kier molecular flexibility index (Phi) is 3.86. The lowest BCUT2D eigenvalue weighted by Gasteiger charge is -2.19. The number of fused-ring (bicyclic) bond motifs is 1. The van der Waals surface area contributed by atoms with Gasteiger partial charge in [0.15, 0.2) is 16.5 Å². The number of thiazole rings is 1. The predicted molar refractivity (Wildman–Crippen MR) is 95.0 cm³/mol. The summed E-state index contributed by atoms with van der Waals surface area (Å²) >= 11 is 1.57. The second-order valence-electron chi connectivity index (χ2n) is 6.29. The number of amides is 1. The number of aromatic nitrogens is 1. The number of nitrogens with zero attached hydrogens (tertiary/aromatic N) is 2. The van der Waals surface area contributed by atoms with Crippen molar-refractivity contribution in [2.24, 2.45) is 11.7 Å². The number of nitrogens with two attached hydrogens (primary N) is 1. The molecule has 5 nitrogen and oxygen atoms in total. The number of carbonyl (C=O) groups is 1. The summed E-state index contributed by atoms with van der Waals surface area (Å²) in [6.07, 6.45) is 0.952. The molecule has 0 aliphatic carbocycles. The molecule has 2 atom stereocenters. The van der Waals surface area contributed by atoms with E-state index >= 15 is 0 Å². The Balaban J connectivity index is 1.59. The van der Waals surface area contributed by atoms with E-state index in [0.29, 0.717) is 30.5 Å². The average molecular weight is 341 g/mol. The van der Waals surface area contributed by atoms with Crippen LogP contribution in [0, 0.1) is 5.92 Å². The first-order valence-corrected chi connectivity index (χ1v) is 8.94. The zero-order chi connectivity index (χ0) is 16.7. The van der Waals surface area contributed by atoms with Gasteiger partial charge in [-0.2, -0.15) is 0 Å². The van der Waals surface area contributed by atoms with Crippen LogP contribution in [0.1, 0.15) is 23.9 Å². The van der Waals surface area contributed by atoms with Crippen LogP contribution < -0.4 is 5.73 Å². The topological polar surface area (TPSA) is 72.4 Å². The lowest BCUT2D eigenvalue weighted by molar-refractivity contribution is 0.0712. The zero-order valence-electron chi connectivity index (χ0n) is 13.4. The highest BCUT2D eigenvalue weighted by atomic mass is 32.1. The molecule has 24 heavy (non-hydrogen) atoms. The Morgan fingerprint density at radius 2 is 2.21 bits per heavy atom. The van der Waals surface area contributed by atoms with Crippen LogP contribution in [0.3, 0.4) is 0 Å². The maximum Gasteiger partial charge on any atom is 0.289 e. The smallest absolute Gasteiger partial charge is 0.289 e. The zero-order valence-corrected chi connectivity index (χ0v) is 14.3. The minimum Gasteiger partial charge on any atom is -0.448 e. The lowest BCUT2D eigenvalue weighted by Crippen LogP contribution is -2.34. The van der Waals surface area contributed by atoms with Crippen LogP contribution in [0.4, 0.5) is 0 Å². The quantitative estimate of drug-likeness (QED) is 0.793. The first-order chi connectivity index (χ1) is 11.7. The third-order valence-electron chi connectivity index (χ3n) is 4.58. The molecule has 1 aliphatic rings. The fraction of sp³-hybridized carbons (Fsp3) is 0.333. The molecule has 2 unspecified atom stereocenters. The minimum absolute atomic E-state index is 0.0641. The largest absolute Gasteiger partial charge is 0.448 e. The predicted octanol–water partition coefficient (Wildman–Crippen LogP) is 3.37. The maximum atomic E-state index is 12.7. The molecule has 3 aromatic rings. The van der Waals surface area contributed by atoms with E-state index in [1.807, 2.05) is 35.2 Å². The van der Waals surface area contributed by atoms with E-state index in [1.165, 1.54) is 0 Å². The molecule has 3 heterocycles. The molecule has 0 saturated carbocycles. The standard InChI is InChI=1S/C18H19N3O2S/c1-11-8-12(9-19)10-21(11)18(22)15-7-6-14(23-15)17-20-13-4-2-3-5-16(13)24-17/h2-7,11-12H,8-10,19H2,1H3. The van der Waals surface area contributed by atoms with Crippen LogP contribution in [0.15, 0.2) is 40.8 Å². The van der Waals surface area contributed by atoms with Crippen molar-refractivity contribution in [3.05, 3.63) is 42.2 Å². The number of rotatable bonds is 3. The number of likely N-dealkylation sites (tertiary alicyclic amines) is 1. The van der Waals surface area contributed by atoms with Gasteiger partial charge in [0.1, 0.15) is 0 Å². The second kappa shape index (κ2) is 6.03. The summed E-state index contributed by atoms with van der Waals surface area (Å²) in [7, 11) is 0. The van der Waals surface area contributed by atoms with Crippen molar-refractivity contribution >= 4 is 27.5 Å². The Hall–Kier alpha value is -2.18. The van der Waals surface area contributed by atoms with Crippen LogP contribution in [-0.4, -0.2) is 34.9 Å². The van der Waals surface area contributed by atoms with Crippen molar-refractivity contribution in [1.29, 1.82) is 0 Å². The van der Waals surface area contributed by atoms with Gasteiger partial charge in [0.05, 0.1) is 10.2 Å². The molecule has 6 heteroatoms. The number of hydrogen-bond donors (Lipinski definition) is 1. The highest BCUT2D eigenvalue weighted by Gasteiger charge is 2.33. The van der Waals surface area contributed by atoms with Crippen molar-refractivity contribution in [1.82, 2.24) is 9.88 Å². The molecule has 1 fully saturated rings. The van der Waals surface area contributed by atoms with E-state index in [4.69, 9.17) is 10.2 Å². The van der Waals surface area contributed by atoms with E-state index in [9.17, 15) is 4.79 Å². The fourth-order valence-electron chi connectivity index (χ4n) is 3.28. The van der Waals surface area contributed by atoms with Gasteiger partial charge in [-0.3, -0.25) is 4.79 Å². The number of hydrogen-bond acceptors (Lipinski definition) is 5. The van der Waals surface area contributed by atoms with Crippen LogP contribution >= 0.6 is 11.3 Å². The Morgan fingerprint density at radius 3 is 2.96 bits per heavy atom. The Labute approximate surface area is 144 Å². The summed E-state index contributed by atoms with van der Waals surface area (Å²) in [6.45, 7) is 3.38. The number of benzene rings is 1. The van der Waals surface area contributed by atoms with Crippen molar-refractivity contribution in [2.45, 2.75) is 19.4 Å². The van der Waals surface area contributed by atoms with E-state index in [-0.39, 0.29) is 11.9 Å². The highest BCUT2D eigenvalue weighted by molar-refractivity contribution is 7.21. The minimum atomic E-state index is -0.0641. The van der Waals surface area contributed by atoms with Gasteiger partial charge >= 0.3 is 0 Å². The Bertz CT molecular complexity index is 852. The fourth-order valence-corrected chi connectivity index (χ4v) is 4.21. The molecule has 1 saturated heterocycles. The molecule has 0 radical (unpaired) electrons. The maximum absolute atomic E-state index is 12.7. The van der Waals surface area contributed by atoms with Crippen molar-refractivity contribution in [3.8, 4) is 10.8 Å². The van der Waals surface area contributed by atoms with Crippen LogP contribution in [0.2, 0.25) is 0 Å². The molecule has 2 aromatic heterocycles. The molecule has 0 bridgehead atoms. The molecule has 1 amide bonds. The third-order valence-corrected chi connectivity index (χ3v) is 5.63. The summed E-state index contributed by atoms with van der Waals surface area (Å²) in [4.78, 5) is 19.1. The molecular weight excluding hydrogens is 322 g/mol. The normalized spacial score (nSPS) is 20.8. The van der Waals surface area contributed by atoms with E-state index in [1.54, 1.807) is 17.4 Å². The van der Waals surface area contributed by atoms with Crippen molar-refractivity contribution < 1.29 is 9.21 Å². The number of para-hydroxylation sites is 1. The highest BCUT2D eigenvalue weighted by Crippen LogP contribution is 2.32. The number of carbonyl (C=O) groups excluding carboxylic acids is 1. The summed E-state index contributed by atoms with van der Waals surface area (Å²) in [6, 6.07) is 11.7. The molecule has 4 rings (SSSR count). The lowest BCUT2D eigenvalue weighted by atomic mass is 10.1. The molecule has 2 N–H and O–H groups in total. The Morgan fingerprint density at radius 1 is 1.38 bits per heavy atom. The van der Waals surface area contributed by atoms with Gasteiger partial charge in [-0.15, -0.1) is 11.3 Å². The first-order valence-electron chi connectivity index (χ1n) is 8.12. The van der Waals surface area contributed by atoms with Gasteiger partial charge in [-0.25, -0.2) is 4.98 Å². The van der Waals surface area contributed by atoms with Crippen LogP contribution in [-0.2, 0) is 0 Å². The molecule has 1 aliphatic heterocycles. The van der Waals surface area contributed by atoms with Crippen LogP contribution in [0.5, 0.6) is 0 Å².